The minimum atomic E-state index is -0.325. The number of hydrogen-bond donors (Lipinski definition) is 2. The number of pyridine rings is 1. The second-order valence-electron chi connectivity index (χ2n) is 4.50. The smallest absolute Gasteiger partial charge is 0.274 e. The lowest BCUT2D eigenvalue weighted by molar-refractivity contribution is 0.102. The van der Waals surface area contributed by atoms with Crippen LogP contribution < -0.4 is 5.32 Å². The number of aromatic hydroxyl groups is 1. The number of aromatic nitrogens is 1. The van der Waals surface area contributed by atoms with Gasteiger partial charge < -0.3 is 10.4 Å². The summed E-state index contributed by atoms with van der Waals surface area (Å²) in [5, 5.41) is 14.0. The van der Waals surface area contributed by atoms with Gasteiger partial charge in [-0.1, -0.05) is 35.9 Å². The van der Waals surface area contributed by atoms with Crippen LogP contribution in [0.2, 0.25) is 5.02 Å². The van der Waals surface area contributed by atoms with Gasteiger partial charge in [0.2, 0.25) is 0 Å². The Labute approximate surface area is 126 Å². The van der Waals surface area contributed by atoms with Crippen molar-refractivity contribution in [3.05, 3.63) is 65.4 Å². The van der Waals surface area contributed by atoms with E-state index in [2.05, 4.69) is 10.3 Å². The molecule has 2 aromatic carbocycles. The molecule has 0 radical (unpaired) electrons. The third-order valence-corrected chi connectivity index (χ3v) is 3.40. The van der Waals surface area contributed by atoms with Gasteiger partial charge in [-0.25, -0.2) is 0 Å². The number of amides is 1. The molecular weight excluding hydrogens is 288 g/mol. The maximum atomic E-state index is 12.3. The van der Waals surface area contributed by atoms with Crippen molar-refractivity contribution in [2.75, 3.05) is 5.32 Å². The number of fused-ring (bicyclic) bond motifs is 1. The van der Waals surface area contributed by atoms with Crippen LogP contribution in [0.1, 0.15) is 10.5 Å². The molecule has 104 valence electrons. The molecule has 4 nitrogen and oxygen atoms in total. The number of nitrogens with zero attached hydrogens (tertiary/aromatic N) is 1. The van der Waals surface area contributed by atoms with Crippen LogP contribution in [0, 0.1) is 0 Å². The van der Waals surface area contributed by atoms with Gasteiger partial charge >= 0.3 is 0 Å². The molecule has 1 heterocycles. The van der Waals surface area contributed by atoms with Gasteiger partial charge in [-0.2, -0.15) is 0 Å². The number of halogens is 1. The zero-order chi connectivity index (χ0) is 14.8. The first-order chi connectivity index (χ1) is 10.1. The summed E-state index contributed by atoms with van der Waals surface area (Å²) in [7, 11) is 0. The summed E-state index contributed by atoms with van der Waals surface area (Å²) in [5.74, 6) is -0.355. The second kappa shape index (κ2) is 5.42. The molecule has 0 spiro atoms. The number of phenolic OH excluding ortho intramolecular Hbond substituents is 1. The molecule has 0 aliphatic heterocycles. The average Bonchev–Trinajstić information content (AvgIpc) is 2.50. The van der Waals surface area contributed by atoms with Gasteiger partial charge in [-0.15, -0.1) is 0 Å². The highest BCUT2D eigenvalue weighted by Crippen LogP contribution is 2.26. The largest absolute Gasteiger partial charge is 0.506 e. The number of nitrogens with one attached hydrogen (secondary N) is 1. The van der Waals surface area contributed by atoms with E-state index >= 15 is 0 Å². The fourth-order valence-corrected chi connectivity index (χ4v) is 2.26. The number of phenols is 1. The minimum Gasteiger partial charge on any atom is -0.506 e. The second-order valence-corrected chi connectivity index (χ2v) is 4.91. The number of carbonyl (C=O) groups excluding carboxylic acids is 1. The number of hydrogen-bond acceptors (Lipinski definition) is 3. The molecule has 0 unspecified atom stereocenters. The molecule has 0 aliphatic rings. The van der Waals surface area contributed by atoms with Gasteiger partial charge in [0.15, 0.2) is 0 Å². The van der Waals surface area contributed by atoms with E-state index in [0.717, 1.165) is 10.8 Å². The van der Waals surface area contributed by atoms with E-state index in [-0.39, 0.29) is 16.7 Å². The quantitative estimate of drug-likeness (QED) is 0.706. The van der Waals surface area contributed by atoms with E-state index in [9.17, 15) is 9.90 Å². The van der Waals surface area contributed by atoms with Crippen molar-refractivity contribution in [1.29, 1.82) is 0 Å². The summed E-state index contributed by atoms with van der Waals surface area (Å²) in [6, 6.07) is 13.9. The predicted octanol–water partition coefficient (Wildman–Crippen LogP) is 3.85. The molecule has 0 fully saturated rings. The Bertz CT molecular complexity index is 828. The van der Waals surface area contributed by atoms with E-state index in [1.807, 2.05) is 30.3 Å². The third kappa shape index (κ3) is 2.66. The molecule has 2 N–H and O–H groups in total. The minimum absolute atomic E-state index is 0.0297. The van der Waals surface area contributed by atoms with Gasteiger partial charge in [0.1, 0.15) is 11.4 Å². The SMILES string of the molecule is O=C(Nc1ccc(O)c(Cl)c1)c1nccc2ccccc12. The standard InChI is InChI=1S/C16H11ClN2O2/c17-13-9-11(5-6-14(13)20)19-16(21)15-12-4-2-1-3-10(12)7-8-18-15/h1-9,20H,(H,19,21). The summed E-state index contributed by atoms with van der Waals surface area (Å²) in [5.41, 5.74) is 0.842. The predicted molar refractivity (Wildman–Crippen MR) is 82.8 cm³/mol. The molecular formula is C16H11ClN2O2. The maximum Gasteiger partial charge on any atom is 0.274 e. The lowest BCUT2D eigenvalue weighted by Gasteiger charge is -2.08. The Hall–Kier alpha value is -2.59. The summed E-state index contributed by atoms with van der Waals surface area (Å²) in [6.07, 6.45) is 1.60. The summed E-state index contributed by atoms with van der Waals surface area (Å²) >= 11 is 5.82. The number of benzene rings is 2. The van der Waals surface area contributed by atoms with E-state index in [1.54, 1.807) is 12.3 Å². The van der Waals surface area contributed by atoms with Crippen molar-refractivity contribution in [2.24, 2.45) is 0 Å². The Morgan fingerprint density at radius 1 is 1.14 bits per heavy atom. The first kappa shape index (κ1) is 13.4. The molecule has 1 aromatic heterocycles. The monoisotopic (exact) mass is 298 g/mol. The average molecular weight is 299 g/mol. The third-order valence-electron chi connectivity index (χ3n) is 3.09. The number of rotatable bonds is 2. The van der Waals surface area contributed by atoms with Crippen molar-refractivity contribution >= 4 is 34.0 Å². The molecule has 0 saturated heterocycles. The molecule has 5 heteroatoms. The highest BCUT2D eigenvalue weighted by Gasteiger charge is 2.12. The Balaban J connectivity index is 1.95. The van der Waals surface area contributed by atoms with E-state index in [1.165, 1.54) is 12.1 Å². The van der Waals surface area contributed by atoms with Crippen LogP contribution in [0.15, 0.2) is 54.7 Å². The van der Waals surface area contributed by atoms with Crippen molar-refractivity contribution < 1.29 is 9.90 Å². The fraction of sp³-hybridized carbons (Fsp3) is 0. The van der Waals surface area contributed by atoms with E-state index in [0.29, 0.717) is 11.4 Å². The number of anilines is 1. The van der Waals surface area contributed by atoms with Crippen molar-refractivity contribution in [3.63, 3.8) is 0 Å². The van der Waals surface area contributed by atoms with E-state index in [4.69, 9.17) is 11.6 Å². The van der Waals surface area contributed by atoms with Gasteiger partial charge in [0.05, 0.1) is 5.02 Å². The van der Waals surface area contributed by atoms with Gasteiger partial charge in [0.25, 0.3) is 5.91 Å². The maximum absolute atomic E-state index is 12.3. The lowest BCUT2D eigenvalue weighted by Crippen LogP contribution is -2.14. The summed E-state index contributed by atoms with van der Waals surface area (Å²) < 4.78 is 0. The van der Waals surface area contributed by atoms with Crippen LogP contribution >= 0.6 is 11.6 Å². The van der Waals surface area contributed by atoms with E-state index < -0.39 is 0 Å². The Morgan fingerprint density at radius 2 is 1.95 bits per heavy atom. The number of carbonyl (C=O) groups is 1. The first-order valence-electron chi connectivity index (χ1n) is 6.29. The van der Waals surface area contributed by atoms with Crippen LogP contribution in [0.4, 0.5) is 5.69 Å². The van der Waals surface area contributed by atoms with Crippen LogP contribution in [0.3, 0.4) is 0 Å². The zero-order valence-electron chi connectivity index (χ0n) is 10.9. The zero-order valence-corrected chi connectivity index (χ0v) is 11.6. The van der Waals surface area contributed by atoms with Crippen molar-refractivity contribution in [3.8, 4) is 5.75 Å². The molecule has 0 saturated carbocycles. The molecule has 0 aliphatic carbocycles. The van der Waals surface area contributed by atoms with Crippen molar-refractivity contribution in [2.45, 2.75) is 0 Å². The highest BCUT2D eigenvalue weighted by atomic mass is 35.5. The van der Waals surface area contributed by atoms with Crippen molar-refractivity contribution in [1.82, 2.24) is 4.98 Å². The summed E-state index contributed by atoms with van der Waals surface area (Å²) in [4.78, 5) is 16.5. The first-order valence-corrected chi connectivity index (χ1v) is 6.66. The fourth-order valence-electron chi connectivity index (χ4n) is 2.08. The lowest BCUT2D eigenvalue weighted by atomic mass is 10.1. The van der Waals surface area contributed by atoms with Crippen LogP contribution in [0.25, 0.3) is 10.8 Å². The van der Waals surface area contributed by atoms with Crippen LogP contribution in [-0.2, 0) is 0 Å². The summed E-state index contributed by atoms with van der Waals surface area (Å²) in [6.45, 7) is 0. The molecule has 1 amide bonds. The Kier molecular flexibility index (Phi) is 3.46. The topological polar surface area (TPSA) is 62.2 Å². The molecule has 0 atom stereocenters. The van der Waals surface area contributed by atoms with Gasteiger partial charge in [-0.05, 0) is 29.7 Å². The normalized spacial score (nSPS) is 10.5. The van der Waals surface area contributed by atoms with Crippen LogP contribution in [0.5, 0.6) is 5.75 Å². The van der Waals surface area contributed by atoms with Crippen LogP contribution in [-0.4, -0.2) is 16.0 Å². The molecule has 21 heavy (non-hydrogen) atoms. The molecule has 0 bridgehead atoms. The highest BCUT2D eigenvalue weighted by molar-refractivity contribution is 6.32. The van der Waals surface area contributed by atoms with Gasteiger partial charge in [0, 0.05) is 17.3 Å². The molecule has 3 rings (SSSR count). The Morgan fingerprint density at radius 3 is 2.76 bits per heavy atom. The van der Waals surface area contributed by atoms with Gasteiger partial charge in [-0.3, -0.25) is 9.78 Å². The molecule has 3 aromatic rings.